The number of nitrogens with one attached hydrogen (secondary N) is 1. The first kappa shape index (κ1) is 30.0. The van der Waals surface area contributed by atoms with Crippen LogP contribution in [0.5, 0.6) is 5.75 Å². The van der Waals surface area contributed by atoms with Gasteiger partial charge in [-0.2, -0.15) is 0 Å². The zero-order valence-electron chi connectivity index (χ0n) is 26.6. The number of hydrogen-bond donors (Lipinski definition) is 1. The molecule has 0 unspecified atom stereocenters. The minimum Gasteiger partial charge on any atom is -0.491 e. The molecule has 0 saturated heterocycles. The summed E-state index contributed by atoms with van der Waals surface area (Å²) in [5, 5.41) is 0. The largest absolute Gasteiger partial charge is 0.491 e. The third kappa shape index (κ3) is 6.31. The molecule has 0 fully saturated rings. The molecule has 0 bridgehead atoms. The Morgan fingerprint density at radius 1 is 1.19 bits per heavy atom. The van der Waals surface area contributed by atoms with Crippen molar-refractivity contribution in [1.82, 2.24) is 19.8 Å². The lowest BCUT2D eigenvalue weighted by Gasteiger charge is -2.37. The zero-order chi connectivity index (χ0) is 30.2. The monoisotopic (exact) mass is 571 g/mol. The Hall–Kier alpha value is -3.45. The maximum absolute atomic E-state index is 15.6. The number of ether oxygens (including phenoxy) is 1. The summed E-state index contributed by atoms with van der Waals surface area (Å²) >= 11 is 0. The molecular weight excluding hydrogens is 525 g/mol. The number of benzene rings is 2. The van der Waals surface area contributed by atoms with Gasteiger partial charge in [0.05, 0.1) is 12.1 Å². The Kier molecular flexibility index (Phi) is 8.61. The summed E-state index contributed by atoms with van der Waals surface area (Å²) in [7, 11) is 4.18. The van der Waals surface area contributed by atoms with Gasteiger partial charge in [-0.25, -0.2) is 9.37 Å². The van der Waals surface area contributed by atoms with Gasteiger partial charge in [0.15, 0.2) is 5.82 Å². The molecule has 5 rings (SSSR count). The number of aromatic amines is 1. The molecule has 2 aromatic carbocycles. The van der Waals surface area contributed by atoms with Crippen LogP contribution in [0.3, 0.4) is 0 Å². The molecule has 0 spiro atoms. The van der Waals surface area contributed by atoms with Gasteiger partial charge in [-0.3, -0.25) is 4.99 Å². The Bertz CT molecular complexity index is 1580. The second-order valence-corrected chi connectivity index (χ2v) is 13.1. The lowest BCUT2D eigenvalue weighted by Crippen LogP contribution is -2.31. The Labute approximate surface area is 250 Å². The Morgan fingerprint density at radius 2 is 1.98 bits per heavy atom. The average Bonchev–Trinajstić information content (AvgIpc) is 3.19. The lowest BCUT2D eigenvalue weighted by molar-refractivity contribution is 0.254. The number of allylic oxidation sites excluding steroid dienone is 3. The topological polar surface area (TPSA) is 56.8 Å². The summed E-state index contributed by atoms with van der Waals surface area (Å²) in [6.45, 7) is 16.1. The molecule has 3 aromatic rings. The highest BCUT2D eigenvalue weighted by atomic mass is 19.1. The first-order valence-electron chi connectivity index (χ1n) is 15.2. The fourth-order valence-electron chi connectivity index (χ4n) is 6.37. The van der Waals surface area contributed by atoms with Crippen molar-refractivity contribution in [2.24, 2.45) is 10.4 Å². The van der Waals surface area contributed by atoms with Gasteiger partial charge in [-0.15, -0.1) is 0 Å². The van der Waals surface area contributed by atoms with Crippen LogP contribution in [0.1, 0.15) is 71.7 Å². The van der Waals surface area contributed by atoms with E-state index in [-0.39, 0.29) is 11.2 Å². The highest BCUT2D eigenvalue weighted by Crippen LogP contribution is 2.44. The van der Waals surface area contributed by atoms with Crippen molar-refractivity contribution in [1.29, 1.82) is 0 Å². The van der Waals surface area contributed by atoms with Crippen molar-refractivity contribution in [3.05, 3.63) is 70.1 Å². The first-order chi connectivity index (χ1) is 20.0. The van der Waals surface area contributed by atoms with Crippen LogP contribution < -0.4 is 4.74 Å². The van der Waals surface area contributed by atoms with Gasteiger partial charge in [0.25, 0.3) is 0 Å². The van der Waals surface area contributed by atoms with Crippen molar-refractivity contribution >= 4 is 16.7 Å². The number of fused-ring (bicyclic) bond motifs is 2. The van der Waals surface area contributed by atoms with Crippen LogP contribution in [0.2, 0.25) is 0 Å². The molecular formula is C35H46FN5O. The third-order valence-corrected chi connectivity index (χ3v) is 8.51. The molecule has 6 nitrogen and oxygen atoms in total. The predicted octanol–water partition coefficient (Wildman–Crippen LogP) is 8.04. The van der Waals surface area contributed by atoms with Crippen molar-refractivity contribution in [3.63, 3.8) is 0 Å². The highest BCUT2D eigenvalue weighted by molar-refractivity contribution is 5.85. The van der Waals surface area contributed by atoms with Crippen LogP contribution >= 0.6 is 0 Å². The summed E-state index contributed by atoms with van der Waals surface area (Å²) in [5.74, 6) is 1.28. The molecule has 0 atom stereocenters. The second kappa shape index (κ2) is 12.0. The molecule has 1 aromatic heterocycles. The van der Waals surface area contributed by atoms with E-state index in [4.69, 9.17) is 9.73 Å². The van der Waals surface area contributed by atoms with Gasteiger partial charge in [0.1, 0.15) is 23.7 Å². The Balaban J connectivity index is 1.57. The number of hydrogen-bond acceptors (Lipinski definition) is 5. The first-order valence-corrected chi connectivity index (χ1v) is 15.2. The van der Waals surface area contributed by atoms with Crippen LogP contribution in [-0.4, -0.2) is 59.3 Å². The molecule has 0 saturated carbocycles. The molecule has 42 heavy (non-hydrogen) atoms. The third-order valence-electron chi connectivity index (χ3n) is 8.51. The second-order valence-electron chi connectivity index (χ2n) is 13.1. The van der Waals surface area contributed by atoms with E-state index in [1.54, 1.807) is 0 Å². The van der Waals surface area contributed by atoms with Crippen molar-refractivity contribution < 1.29 is 9.13 Å². The molecule has 2 aliphatic rings. The summed E-state index contributed by atoms with van der Waals surface area (Å²) in [5.41, 5.74) is 10.2. The van der Waals surface area contributed by atoms with E-state index in [0.717, 1.165) is 61.4 Å². The number of rotatable bonds is 7. The van der Waals surface area contributed by atoms with E-state index in [2.05, 4.69) is 74.5 Å². The van der Waals surface area contributed by atoms with Crippen LogP contribution in [0.15, 0.2) is 57.9 Å². The van der Waals surface area contributed by atoms with Gasteiger partial charge < -0.3 is 19.5 Å². The van der Waals surface area contributed by atoms with Gasteiger partial charge in [0, 0.05) is 41.3 Å². The maximum atomic E-state index is 15.6. The van der Waals surface area contributed by atoms with E-state index in [0.29, 0.717) is 35.6 Å². The minimum absolute atomic E-state index is 0.206. The van der Waals surface area contributed by atoms with Crippen molar-refractivity contribution in [2.45, 2.75) is 73.8 Å². The molecule has 0 amide bonds. The predicted molar refractivity (Wildman–Crippen MR) is 171 cm³/mol. The summed E-state index contributed by atoms with van der Waals surface area (Å²) in [6, 6.07) is 9.79. The normalized spacial score (nSPS) is 18.2. The van der Waals surface area contributed by atoms with Gasteiger partial charge in [0.2, 0.25) is 0 Å². The average molecular weight is 572 g/mol. The number of aliphatic imine (C=N–C) groups is 1. The molecule has 224 valence electrons. The standard InChI is InChI=1S/C35H46FN5O/c1-9-22(2)34(28-19-35(5,6)15-14-29(28)37-23(3)20-40(7)8)41-16-17-42-31-13-10-25(18-26(31)21-41)27-11-12-30-33(32(27)36)39-24(4)38-30/h10-13,18H,9,14-17,19-21H2,1-8H3,(H,38,39)/b34-22-,37-23?. The smallest absolute Gasteiger partial charge is 0.158 e. The summed E-state index contributed by atoms with van der Waals surface area (Å²) in [4.78, 5) is 17.4. The SMILES string of the molecule is CC/C(C)=C(/C1=C(N=C(C)CN(C)C)CCC(C)(C)C1)N1CCOc2ccc(-c3ccc4[nH]c(C)nc4c3F)cc2C1. The van der Waals surface area contributed by atoms with Crippen LogP contribution in [0, 0.1) is 18.2 Å². The maximum Gasteiger partial charge on any atom is 0.158 e. The van der Waals surface area contributed by atoms with Crippen molar-refractivity contribution in [3.8, 4) is 16.9 Å². The molecule has 1 aliphatic carbocycles. The van der Waals surface area contributed by atoms with Gasteiger partial charge in [-0.1, -0.05) is 26.8 Å². The number of imidazole rings is 1. The van der Waals surface area contributed by atoms with Crippen LogP contribution in [0.4, 0.5) is 4.39 Å². The number of aryl methyl sites for hydroxylation is 1. The van der Waals surface area contributed by atoms with E-state index in [9.17, 15) is 0 Å². The molecule has 0 radical (unpaired) electrons. The fourth-order valence-corrected chi connectivity index (χ4v) is 6.37. The molecule has 7 heteroatoms. The van der Waals surface area contributed by atoms with Crippen LogP contribution in [0.25, 0.3) is 22.2 Å². The van der Waals surface area contributed by atoms with Crippen LogP contribution in [-0.2, 0) is 6.54 Å². The zero-order valence-corrected chi connectivity index (χ0v) is 26.6. The molecule has 1 aliphatic heterocycles. The van der Waals surface area contributed by atoms with E-state index in [1.807, 2.05) is 31.2 Å². The van der Waals surface area contributed by atoms with Crippen molar-refractivity contribution in [2.75, 3.05) is 33.8 Å². The number of H-pyrrole nitrogens is 1. The highest BCUT2D eigenvalue weighted by Gasteiger charge is 2.32. The summed E-state index contributed by atoms with van der Waals surface area (Å²) < 4.78 is 21.9. The van der Waals surface area contributed by atoms with E-state index in [1.165, 1.54) is 22.5 Å². The number of halogens is 1. The molecule has 1 N–H and O–H groups in total. The number of aromatic nitrogens is 2. The van der Waals surface area contributed by atoms with E-state index < -0.39 is 0 Å². The number of nitrogens with zero attached hydrogens (tertiary/aromatic N) is 4. The quantitative estimate of drug-likeness (QED) is 0.292. The summed E-state index contributed by atoms with van der Waals surface area (Å²) in [6.07, 6.45) is 4.06. The minimum atomic E-state index is -0.296. The Morgan fingerprint density at radius 3 is 2.71 bits per heavy atom. The van der Waals surface area contributed by atoms with E-state index >= 15 is 4.39 Å². The van der Waals surface area contributed by atoms with Gasteiger partial charge in [-0.05, 0) is 107 Å². The fraction of sp³-hybridized carbons (Fsp3) is 0.486. The van der Waals surface area contributed by atoms with Gasteiger partial charge >= 0.3 is 0 Å². The molecule has 2 heterocycles. The lowest BCUT2D eigenvalue weighted by atomic mass is 9.74.